The summed E-state index contributed by atoms with van der Waals surface area (Å²) in [5.41, 5.74) is 3.44. The molecule has 0 aliphatic heterocycles. The van der Waals surface area contributed by atoms with Crippen molar-refractivity contribution in [2.45, 2.75) is 32.6 Å². The highest BCUT2D eigenvalue weighted by molar-refractivity contribution is 6.30. The highest BCUT2D eigenvalue weighted by atomic mass is 35.5. The Morgan fingerprint density at radius 2 is 2.07 bits per heavy atom. The van der Waals surface area contributed by atoms with Gasteiger partial charge in [0.15, 0.2) is 0 Å². The Labute approximate surface area is 175 Å². The summed E-state index contributed by atoms with van der Waals surface area (Å²) in [7, 11) is 1.69. The summed E-state index contributed by atoms with van der Waals surface area (Å²) in [4.78, 5) is 16.8. The molecule has 0 bridgehead atoms. The number of aryl methyl sites for hydroxylation is 1. The summed E-state index contributed by atoms with van der Waals surface area (Å²) in [5.74, 6) is -0.430. The molecule has 0 saturated heterocycles. The Bertz CT molecular complexity index is 1130. The first kappa shape index (κ1) is 21.0. The van der Waals surface area contributed by atoms with Crippen molar-refractivity contribution >= 4 is 28.1 Å². The minimum atomic E-state index is -0.430. The van der Waals surface area contributed by atoms with Gasteiger partial charge in [-0.05, 0) is 53.8 Å². The van der Waals surface area contributed by atoms with Gasteiger partial charge < -0.3 is 4.57 Å². The van der Waals surface area contributed by atoms with Crippen molar-refractivity contribution in [1.82, 2.24) is 9.55 Å². The Hall–Kier alpha value is -2.72. The van der Waals surface area contributed by atoms with E-state index in [1.165, 1.54) is 17.0 Å². The standard InChI is InChI=1S/C24H24ClFN2O/c1-3-4-5-6-7-8-18(13-17-9-11-22(26)21(25)14-17)19-10-12-23-20(15-19)24(29)28(2)16-27-23/h6-12,14-16H,3-5,13H2,1-2H3. The number of halogens is 2. The van der Waals surface area contributed by atoms with Gasteiger partial charge in [0.25, 0.3) is 5.56 Å². The van der Waals surface area contributed by atoms with E-state index in [1.807, 2.05) is 24.3 Å². The van der Waals surface area contributed by atoms with Crippen molar-refractivity contribution in [3.05, 3.63) is 93.3 Å². The van der Waals surface area contributed by atoms with Gasteiger partial charge in [-0.3, -0.25) is 4.79 Å². The topological polar surface area (TPSA) is 34.9 Å². The Morgan fingerprint density at radius 3 is 2.83 bits per heavy atom. The number of aromatic nitrogens is 2. The van der Waals surface area contributed by atoms with Crippen molar-refractivity contribution in [2.75, 3.05) is 0 Å². The number of hydrogen-bond acceptors (Lipinski definition) is 2. The van der Waals surface area contributed by atoms with Crippen LogP contribution in [0.25, 0.3) is 16.5 Å². The molecule has 2 aromatic carbocycles. The lowest BCUT2D eigenvalue weighted by molar-refractivity contribution is 0.627. The summed E-state index contributed by atoms with van der Waals surface area (Å²) in [6, 6.07) is 10.5. The molecule has 3 rings (SSSR count). The van der Waals surface area contributed by atoms with Crippen molar-refractivity contribution < 1.29 is 4.39 Å². The van der Waals surface area contributed by atoms with Crippen molar-refractivity contribution in [1.29, 1.82) is 0 Å². The van der Waals surface area contributed by atoms with Crippen LogP contribution in [-0.2, 0) is 13.5 Å². The van der Waals surface area contributed by atoms with Gasteiger partial charge in [0, 0.05) is 7.05 Å². The number of nitrogens with zero attached hydrogens (tertiary/aromatic N) is 2. The average Bonchev–Trinajstić information content (AvgIpc) is 2.72. The maximum atomic E-state index is 13.5. The molecule has 0 fully saturated rings. The lowest BCUT2D eigenvalue weighted by Gasteiger charge is -2.10. The maximum absolute atomic E-state index is 13.5. The zero-order chi connectivity index (χ0) is 20.8. The van der Waals surface area contributed by atoms with Gasteiger partial charge in [0.2, 0.25) is 0 Å². The first-order valence-electron chi connectivity index (χ1n) is 9.75. The molecule has 0 aliphatic rings. The molecule has 0 aliphatic carbocycles. The predicted octanol–water partition coefficient (Wildman–Crippen LogP) is 6.10. The second-order valence-corrected chi connectivity index (χ2v) is 7.49. The van der Waals surface area contributed by atoms with Crippen LogP contribution in [0.1, 0.15) is 37.3 Å². The minimum absolute atomic E-state index is 0.0838. The van der Waals surface area contributed by atoms with Gasteiger partial charge in [0.05, 0.1) is 22.3 Å². The van der Waals surface area contributed by atoms with Crippen LogP contribution < -0.4 is 5.56 Å². The highest BCUT2D eigenvalue weighted by Crippen LogP contribution is 2.25. The van der Waals surface area contributed by atoms with Crippen LogP contribution >= 0.6 is 11.6 Å². The minimum Gasteiger partial charge on any atom is -0.302 e. The molecule has 0 unspecified atom stereocenters. The third-order valence-corrected chi connectivity index (χ3v) is 5.11. The van der Waals surface area contributed by atoms with E-state index in [9.17, 15) is 9.18 Å². The lowest BCUT2D eigenvalue weighted by atomic mass is 9.96. The molecule has 1 heterocycles. The largest absolute Gasteiger partial charge is 0.302 e. The fourth-order valence-corrected chi connectivity index (χ4v) is 3.34. The summed E-state index contributed by atoms with van der Waals surface area (Å²) in [5, 5.41) is 0.683. The number of rotatable bonds is 7. The van der Waals surface area contributed by atoms with E-state index < -0.39 is 5.82 Å². The summed E-state index contributed by atoms with van der Waals surface area (Å²) in [6.45, 7) is 2.16. The van der Waals surface area contributed by atoms with Gasteiger partial charge >= 0.3 is 0 Å². The van der Waals surface area contributed by atoms with Crippen LogP contribution in [0, 0.1) is 5.82 Å². The molecule has 0 amide bonds. The fraction of sp³-hybridized carbons (Fsp3) is 0.250. The molecule has 3 aromatic rings. The lowest BCUT2D eigenvalue weighted by Crippen LogP contribution is -2.17. The fourth-order valence-electron chi connectivity index (χ4n) is 3.14. The molecular formula is C24H24ClFN2O. The number of benzene rings is 2. The quantitative estimate of drug-likeness (QED) is 0.348. The number of unbranched alkanes of at least 4 members (excludes halogenated alkanes) is 2. The molecule has 3 nitrogen and oxygen atoms in total. The number of hydrogen-bond donors (Lipinski definition) is 0. The molecule has 29 heavy (non-hydrogen) atoms. The summed E-state index contributed by atoms with van der Waals surface area (Å²) < 4.78 is 15.0. The first-order valence-corrected chi connectivity index (χ1v) is 10.1. The smallest absolute Gasteiger partial charge is 0.260 e. The van der Waals surface area contributed by atoms with Crippen LogP contribution in [0.5, 0.6) is 0 Å². The number of allylic oxidation sites excluding steroid dienone is 4. The zero-order valence-corrected chi connectivity index (χ0v) is 17.4. The highest BCUT2D eigenvalue weighted by Gasteiger charge is 2.09. The van der Waals surface area contributed by atoms with Gasteiger partial charge in [-0.25, -0.2) is 9.37 Å². The van der Waals surface area contributed by atoms with Crippen molar-refractivity contribution in [3.8, 4) is 0 Å². The Morgan fingerprint density at radius 1 is 1.24 bits per heavy atom. The molecule has 0 spiro atoms. The van der Waals surface area contributed by atoms with E-state index in [2.05, 4.69) is 24.1 Å². The van der Waals surface area contributed by atoms with E-state index in [-0.39, 0.29) is 10.6 Å². The maximum Gasteiger partial charge on any atom is 0.260 e. The monoisotopic (exact) mass is 410 g/mol. The van der Waals surface area contributed by atoms with E-state index in [0.717, 1.165) is 36.0 Å². The van der Waals surface area contributed by atoms with Crippen molar-refractivity contribution in [3.63, 3.8) is 0 Å². The van der Waals surface area contributed by atoms with E-state index in [0.29, 0.717) is 17.3 Å². The molecule has 1 aromatic heterocycles. The second kappa shape index (κ2) is 9.66. The van der Waals surface area contributed by atoms with Crippen LogP contribution in [0.3, 0.4) is 0 Å². The van der Waals surface area contributed by atoms with E-state index in [4.69, 9.17) is 11.6 Å². The van der Waals surface area contributed by atoms with Crippen molar-refractivity contribution in [2.24, 2.45) is 7.05 Å². The van der Waals surface area contributed by atoms with Gasteiger partial charge in [-0.1, -0.05) is 61.7 Å². The first-order chi connectivity index (χ1) is 14.0. The number of fused-ring (bicyclic) bond motifs is 1. The predicted molar refractivity (Wildman–Crippen MR) is 119 cm³/mol. The Kier molecular flexibility index (Phi) is 6.99. The molecule has 0 atom stereocenters. The molecule has 5 heteroatoms. The zero-order valence-electron chi connectivity index (χ0n) is 16.7. The second-order valence-electron chi connectivity index (χ2n) is 7.08. The van der Waals surface area contributed by atoms with Gasteiger partial charge in [0.1, 0.15) is 5.82 Å². The third kappa shape index (κ3) is 5.21. The van der Waals surface area contributed by atoms with Crippen LogP contribution in [-0.4, -0.2) is 9.55 Å². The molecular weight excluding hydrogens is 387 g/mol. The molecule has 0 saturated carbocycles. The molecule has 150 valence electrons. The van der Waals surface area contributed by atoms with E-state index in [1.54, 1.807) is 19.2 Å². The normalized spacial score (nSPS) is 12.2. The molecule has 0 radical (unpaired) electrons. The summed E-state index contributed by atoms with van der Waals surface area (Å²) >= 11 is 5.96. The van der Waals surface area contributed by atoms with Crippen LogP contribution in [0.2, 0.25) is 5.02 Å². The van der Waals surface area contributed by atoms with E-state index >= 15 is 0 Å². The molecule has 0 N–H and O–H groups in total. The Balaban J connectivity index is 2.01. The summed E-state index contributed by atoms with van der Waals surface area (Å²) in [6.07, 6.45) is 11.6. The average molecular weight is 411 g/mol. The SMILES string of the molecule is CCCCC=CC=C(Cc1ccc(F)c(Cl)c1)c1ccc2ncn(C)c(=O)c2c1. The van der Waals surface area contributed by atoms with Gasteiger partial charge in [-0.2, -0.15) is 0 Å². The van der Waals surface area contributed by atoms with Crippen LogP contribution in [0.15, 0.2) is 65.7 Å². The van der Waals surface area contributed by atoms with Gasteiger partial charge in [-0.15, -0.1) is 0 Å². The van der Waals surface area contributed by atoms with Crippen LogP contribution in [0.4, 0.5) is 4.39 Å². The third-order valence-electron chi connectivity index (χ3n) is 4.82.